The van der Waals surface area contributed by atoms with E-state index in [2.05, 4.69) is 28.5 Å². The number of nitriles is 1. The van der Waals surface area contributed by atoms with Gasteiger partial charge < -0.3 is 0 Å². The molecule has 1 saturated carbocycles. The SMILES string of the molecule is CCCNC1(C#N)CCC(Sc2n[nH]c(=O)n2C(C)C)C1. The monoisotopic (exact) mass is 309 g/mol. The van der Waals surface area contributed by atoms with Crippen LogP contribution in [-0.4, -0.2) is 32.1 Å². The molecular weight excluding hydrogens is 286 g/mol. The molecule has 2 atom stereocenters. The minimum atomic E-state index is -0.410. The summed E-state index contributed by atoms with van der Waals surface area (Å²) in [4.78, 5) is 11.7. The van der Waals surface area contributed by atoms with E-state index in [0.29, 0.717) is 5.25 Å². The summed E-state index contributed by atoms with van der Waals surface area (Å²) in [5.41, 5.74) is -0.575. The van der Waals surface area contributed by atoms with Crippen molar-refractivity contribution in [3.63, 3.8) is 0 Å². The number of nitrogens with zero attached hydrogens (tertiary/aromatic N) is 3. The summed E-state index contributed by atoms with van der Waals surface area (Å²) in [7, 11) is 0. The van der Waals surface area contributed by atoms with Crippen molar-refractivity contribution in [3.05, 3.63) is 10.5 Å². The Morgan fingerprint density at radius 3 is 3.05 bits per heavy atom. The minimum absolute atomic E-state index is 0.0825. The average molecular weight is 309 g/mol. The van der Waals surface area contributed by atoms with Crippen molar-refractivity contribution in [1.29, 1.82) is 5.26 Å². The zero-order valence-electron chi connectivity index (χ0n) is 12.8. The highest BCUT2D eigenvalue weighted by Crippen LogP contribution is 2.39. The van der Waals surface area contributed by atoms with Crippen LogP contribution in [0.5, 0.6) is 0 Å². The zero-order valence-corrected chi connectivity index (χ0v) is 13.7. The van der Waals surface area contributed by atoms with E-state index in [-0.39, 0.29) is 11.7 Å². The van der Waals surface area contributed by atoms with Crippen LogP contribution in [0.15, 0.2) is 9.95 Å². The molecule has 0 bridgehead atoms. The highest BCUT2D eigenvalue weighted by atomic mass is 32.2. The number of hydrogen-bond acceptors (Lipinski definition) is 5. The van der Waals surface area contributed by atoms with E-state index in [1.165, 1.54) is 0 Å². The normalized spacial score (nSPS) is 25.4. The van der Waals surface area contributed by atoms with Crippen LogP contribution in [0.3, 0.4) is 0 Å². The molecule has 1 fully saturated rings. The second kappa shape index (κ2) is 6.67. The Morgan fingerprint density at radius 2 is 2.43 bits per heavy atom. The molecule has 0 saturated heterocycles. The first-order chi connectivity index (χ1) is 10.0. The summed E-state index contributed by atoms with van der Waals surface area (Å²) < 4.78 is 1.68. The topological polar surface area (TPSA) is 86.5 Å². The first-order valence-corrected chi connectivity index (χ1v) is 8.39. The fraction of sp³-hybridized carbons (Fsp3) is 0.786. The zero-order chi connectivity index (χ0) is 15.5. The average Bonchev–Trinajstić information content (AvgIpc) is 3.02. The predicted octanol–water partition coefficient (Wildman–Crippen LogP) is 2.06. The van der Waals surface area contributed by atoms with E-state index in [1.807, 2.05) is 13.8 Å². The Hall–Kier alpha value is -1.26. The van der Waals surface area contributed by atoms with Crippen LogP contribution in [0.1, 0.15) is 52.5 Å². The number of thioether (sulfide) groups is 1. The number of nitrogens with one attached hydrogen (secondary N) is 2. The van der Waals surface area contributed by atoms with Gasteiger partial charge in [-0.15, -0.1) is 5.10 Å². The summed E-state index contributed by atoms with van der Waals surface area (Å²) in [6.45, 7) is 6.91. The molecule has 116 valence electrons. The molecule has 2 N–H and O–H groups in total. The van der Waals surface area contributed by atoms with Gasteiger partial charge in [0.25, 0.3) is 0 Å². The molecule has 1 heterocycles. The Balaban J connectivity index is 2.06. The summed E-state index contributed by atoms with van der Waals surface area (Å²) in [6, 6.07) is 2.53. The maximum atomic E-state index is 11.7. The van der Waals surface area contributed by atoms with E-state index >= 15 is 0 Å². The molecule has 0 aliphatic heterocycles. The van der Waals surface area contributed by atoms with Crippen molar-refractivity contribution in [3.8, 4) is 6.07 Å². The maximum Gasteiger partial charge on any atom is 0.344 e. The lowest BCUT2D eigenvalue weighted by atomic mass is 10.00. The van der Waals surface area contributed by atoms with Gasteiger partial charge in [0.15, 0.2) is 5.16 Å². The van der Waals surface area contributed by atoms with Crippen molar-refractivity contribution >= 4 is 11.8 Å². The Labute approximate surface area is 129 Å². The number of H-pyrrole nitrogens is 1. The lowest BCUT2D eigenvalue weighted by Crippen LogP contribution is -2.42. The molecule has 2 unspecified atom stereocenters. The van der Waals surface area contributed by atoms with Crippen molar-refractivity contribution in [2.45, 2.75) is 68.4 Å². The van der Waals surface area contributed by atoms with Crippen LogP contribution in [0.4, 0.5) is 0 Å². The van der Waals surface area contributed by atoms with Crippen LogP contribution in [0.2, 0.25) is 0 Å². The van der Waals surface area contributed by atoms with Gasteiger partial charge in [-0.3, -0.25) is 9.88 Å². The van der Waals surface area contributed by atoms with Gasteiger partial charge in [0.2, 0.25) is 0 Å². The van der Waals surface area contributed by atoms with Gasteiger partial charge in [0.05, 0.1) is 6.07 Å². The second-order valence-corrected chi connectivity index (χ2v) is 7.15. The van der Waals surface area contributed by atoms with E-state index in [1.54, 1.807) is 16.3 Å². The van der Waals surface area contributed by atoms with Crippen LogP contribution >= 0.6 is 11.8 Å². The summed E-state index contributed by atoms with van der Waals surface area (Å²) in [6.07, 6.45) is 3.65. The van der Waals surface area contributed by atoms with Gasteiger partial charge in [0.1, 0.15) is 5.54 Å². The summed E-state index contributed by atoms with van der Waals surface area (Å²) >= 11 is 1.61. The molecule has 2 rings (SSSR count). The first-order valence-electron chi connectivity index (χ1n) is 7.51. The number of aromatic nitrogens is 3. The molecule has 6 nitrogen and oxygen atoms in total. The van der Waals surface area contributed by atoms with E-state index in [9.17, 15) is 10.1 Å². The lowest BCUT2D eigenvalue weighted by Gasteiger charge is -2.22. The van der Waals surface area contributed by atoms with E-state index in [0.717, 1.165) is 37.4 Å². The summed E-state index contributed by atoms with van der Waals surface area (Å²) in [5, 5.41) is 20.5. The molecule has 7 heteroatoms. The van der Waals surface area contributed by atoms with Gasteiger partial charge >= 0.3 is 5.69 Å². The van der Waals surface area contributed by atoms with Crippen LogP contribution in [-0.2, 0) is 0 Å². The molecule has 1 aliphatic rings. The van der Waals surface area contributed by atoms with Crippen LogP contribution in [0.25, 0.3) is 0 Å². The quantitative estimate of drug-likeness (QED) is 0.840. The van der Waals surface area contributed by atoms with Crippen molar-refractivity contribution < 1.29 is 0 Å². The molecular formula is C14H23N5OS. The summed E-state index contributed by atoms with van der Waals surface area (Å²) in [5.74, 6) is 0. The Bertz CT molecular complexity index is 573. The smallest absolute Gasteiger partial charge is 0.299 e. The molecule has 0 spiro atoms. The minimum Gasteiger partial charge on any atom is -0.299 e. The standard InChI is InChI=1S/C14H23N5OS/c1-4-7-16-14(9-15)6-5-11(8-14)21-13-18-17-12(20)19(13)10(2)3/h10-11,16H,4-8H2,1-3H3,(H,17,20). The fourth-order valence-electron chi connectivity index (χ4n) is 2.74. The fourth-order valence-corrected chi connectivity index (χ4v) is 4.15. The van der Waals surface area contributed by atoms with Gasteiger partial charge in [-0.05, 0) is 46.1 Å². The molecule has 1 aliphatic carbocycles. The predicted molar refractivity (Wildman–Crippen MR) is 83.4 cm³/mol. The van der Waals surface area contributed by atoms with E-state index < -0.39 is 5.54 Å². The third kappa shape index (κ3) is 3.50. The first kappa shape index (κ1) is 16.1. The maximum absolute atomic E-state index is 11.7. The molecule has 21 heavy (non-hydrogen) atoms. The molecule has 0 radical (unpaired) electrons. The number of rotatable bonds is 6. The lowest BCUT2D eigenvalue weighted by molar-refractivity contribution is 0.424. The second-order valence-electron chi connectivity index (χ2n) is 5.88. The number of hydrogen-bond donors (Lipinski definition) is 2. The molecule has 1 aromatic rings. The third-order valence-corrected chi connectivity index (χ3v) is 5.09. The number of aromatic amines is 1. The van der Waals surface area contributed by atoms with Gasteiger partial charge in [-0.25, -0.2) is 9.89 Å². The van der Waals surface area contributed by atoms with Crippen LogP contribution < -0.4 is 11.0 Å². The van der Waals surface area contributed by atoms with Crippen molar-refractivity contribution in [2.75, 3.05) is 6.54 Å². The molecule has 0 amide bonds. The Morgan fingerprint density at radius 1 is 1.67 bits per heavy atom. The van der Waals surface area contributed by atoms with Gasteiger partial charge in [-0.1, -0.05) is 18.7 Å². The highest BCUT2D eigenvalue weighted by molar-refractivity contribution is 7.99. The molecule has 0 aromatic carbocycles. The largest absolute Gasteiger partial charge is 0.344 e. The van der Waals surface area contributed by atoms with E-state index in [4.69, 9.17) is 0 Å². The van der Waals surface area contributed by atoms with Crippen LogP contribution in [0, 0.1) is 11.3 Å². The van der Waals surface area contributed by atoms with Gasteiger partial charge in [0, 0.05) is 11.3 Å². The molecule has 1 aromatic heterocycles. The third-order valence-electron chi connectivity index (χ3n) is 3.86. The highest BCUT2D eigenvalue weighted by Gasteiger charge is 2.40. The Kier molecular flexibility index (Phi) is 5.12. The van der Waals surface area contributed by atoms with Gasteiger partial charge in [-0.2, -0.15) is 5.26 Å². The van der Waals surface area contributed by atoms with Crippen molar-refractivity contribution in [1.82, 2.24) is 20.1 Å². The van der Waals surface area contributed by atoms with Crippen molar-refractivity contribution in [2.24, 2.45) is 0 Å².